The Balaban J connectivity index is 1.36. The number of hydrogen-bond acceptors (Lipinski definition) is 6. The van der Waals surface area contributed by atoms with Gasteiger partial charge in [0, 0.05) is 36.2 Å². The molecule has 0 spiro atoms. The number of aryl methyl sites for hydroxylation is 1. The fourth-order valence-corrected chi connectivity index (χ4v) is 4.21. The summed E-state index contributed by atoms with van der Waals surface area (Å²) in [4.78, 5) is 29.2. The molecule has 8 heteroatoms. The molecule has 0 aliphatic carbocycles. The Morgan fingerprint density at radius 2 is 2.07 bits per heavy atom. The van der Waals surface area contributed by atoms with E-state index in [0.29, 0.717) is 23.6 Å². The fraction of sp³-hybridized carbons (Fsp3) is 0.0909. The molecule has 0 aliphatic heterocycles. The molecule has 1 aromatic carbocycles. The third-order valence-corrected chi connectivity index (χ3v) is 5.75. The first-order valence-corrected chi connectivity index (χ1v) is 10.3. The van der Waals surface area contributed by atoms with Crippen molar-refractivity contribution >= 4 is 50.0 Å². The Bertz CT molecular complexity index is 1370. The monoisotopic (exact) mass is 414 g/mol. The highest BCUT2D eigenvalue weighted by molar-refractivity contribution is 7.18. The van der Waals surface area contributed by atoms with Gasteiger partial charge in [0.25, 0.3) is 5.91 Å². The summed E-state index contributed by atoms with van der Waals surface area (Å²) in [6, 6.07) is 13.2. The zero-order valence-corrected chi connectivity index (χ0v) is 17.0. The molecule has 5 aromatic rings. The van der Waals surface area contributed by atoms with Crippen LogP contribution >= 0.6 is 11.3 Å². The third-order valence-electron chi connectivity index (χ3n) is 4.80. The molecule has 0 saturated heterocycles. The number of H-pyrrole nitrogens is 1. The molecule has 4 heterocycles. The maximum Gasteiger partial charge on any atom is 0.259 e. The topological polar surface area (TPSA) is 95.6 Å². The number of carbonyl (C=O) groups is 1. The Labute approximate surface area is 176 Å². The van der Waals surface area contributed by atoms with Crippen LogP contribution in [0.1, 0.15) is 20.9 Å². The number of hydrogen-bond donors (Lipinski definition) is 3. The van der Waals surface area contributed by atoms with E-state index in [0.717, 1.165) is 31.8 Å². The highest BCUT2D eigenvalue weighted by Gasteiger charge is 2.14. The molecule has 0 radical (unpaired) electrons. The third kappa shape index (κ3) is 3.48. The van der Waals surface area contributed by atoms with Gasteiger partial charge in [-0.3, -0.25) is 4.79 Å². The molecule has 0 fully saturated rings. The van der Waals surface area contributed by atoms with E-state index in [2.05, 4.69) is 30.6 Å². The van der Waals surface area contributed by atoms with Crippen LogP contribution in [0.2, 0.25) is 0 Å². The largest absolute Gasteiger partial charge is 0.365 e. The normalized spacial score (nSPS) is 11.1. The smallest absolute Gasteiger partial charge is 0.259 e. The Morgan fingerprint density at radius 1 is 1.13 bits per heavy atom. The van der Waals surface area contributed by atoms with Gasteiger partial charge in [-0.15, -0.1) is 11.3 Å². The number of amides is 1. The Hall–Kier alpha value is -3.78. The maximum absolute atomic E-state index is 12.9. The van der Waals surface area contributed by atoms with Crippen LogP contribution in [-0.4, -0.2) is 25.8 Å². The van der Waals surface area contributed by atoms with Gasteiger partial charge in [0.15, 0.2) is 0 Å². The molecule has 0 atom stereocenters. The van der Waals surface area contributed by atoms with E-state index in [1.54, 1.807) is 35.9 Å². The van der Waals surface area contributed by atoms with E-state index in [1.165, 1.54) is 0 Å². The second-order valence-electron chi connectivity index (χ2n) is 6.83. The van der Waals surface area contributed by atoms with Crippen molar-refractivity contribution in [2.24, 2.45) is 0 Å². The molecule has 148 valence electrons. The number of anilines is 2. The minimum Gasteiger partial charge on any atom is -0.365 e. The summed E-state index contributed by atoms with van der Waals surface area (Å²) < 4.78 is 1.10. The van der Waals surface area contributed by atoms with Gasteiger partial charge in [-0.25, -0.2) is 15.0 Å². The average molecular weight is 414 g/mol. The SMILES string of the molecule is Cc1nc2cc(NC(=O)c3cccnc3NCc3ccnc4[nH]ccc34)ccc2s1. The molecule has 3 N–H and O–H groups in total. The Morgan fingerprint density at radius 3 is 3.00 bits per heavy atom. The van der Waals surface area contributed by atoms with Crippen LogP contribution in [0.3, 0.4) is 0 Å². The van der Waals surface area contributed by atoms with Crippen LogP contribution in [0, 0.1) is 6.92 Å². The second-order valence-corrected chi connectivity index (χ2v) is 8.07. The van der Waals surface area contributed by atoms with E-state index < -0.39 is 0 Å². The molecule has 0 bridgehead atoms. The standard InChI is InChI=1S/C22H18N6OS/c1-13-27-18-11-15(4-5-19(18)30-13)28-22(29)17-3-2-8-23-21(17)26-12-14-6-9-24-20-16(14)7-10-25-20/h2-11H,12H2,1H3,(H,23,26)(H,24,25)(H,28,29). The van der Waals surface area contributed by atoms with Crippen molar-refractivity contribution in [3.63, 3.8) is 0 Å². The molecular formula is C22H18N6OS. The van der Waals surface area contributed by atoms with Crippen LogP contribution in [0.5, 0.6) is 0 Å². The molecular weight excluding hydrogens is 396 g/mol. The molecule has 7 nitrogen and oxygen atoms in total. The van der Waals surface area contributed by atoms with Gasteiger partial charge >= 0.3 is 0 Å². The van der Waals surface area contributed by atoms with Gasteiger partial charge in [-0.2, -0.15) is 0 Å². The molecule has 4 aromatic heterocycles. The minimum absolute atomic E-state index is 0.224. The van der Waals surface area contributed by atoms with Gasteiger partial charge in [-0.05, 0) is 55.0 Å². The molecule has 5 rings (SSSR count). The number of carbonyl (C=O) groups excluding carboxylic acids is 1. The lowest BCUT2D eigenvalue weighted by atomic mass is 10.1. The number of pyridine rings is 2. The van der Waals surface area contributed by atoms with Crippen molar-refractivity contribution in [3.8, 4) is 0 Å². The lowest BCUT2D eigenvalue weighted by Crippen LogP contribution is -2.15. The van der Waals surface area contributed by atoms with Crippen LogP contribution < -0.4 is 10.6 Å². The van der Waals surface area contributed by atoms with Crippen molar-refractivity contribution in [1.29, 1.82) is 0 Å². The van der Waals surface area contributed by atoms with E-state index in [9.17, 15) is 4.79 Å². The maximum atomic E-state index is 12.9. The van der Waals surface area contributed by atoms with Crippen LogP contribution in [0.4, 0.5) is 11.5 Å². The van der Waals surface area contributed by atoms with Crippen molar-refractivity contribution in [2.45, 2.75) is 13.5 Å². The van der Waals surface area contributed by atoms with Gasteiger partial charge in [0.1, 0.15) is 11.5 Å². The van der Waals surface area contributed by atoms with Crippen molar-refractivity contribution in [1.82, 2.24) is 19.9 Å². The lowest BCUT2D eigenvalue weighted by Gasteiger charge is -2.12. The lowest BCUT2D eigenvalue weighted by molar-refractivity contribution is 0.102. The highest BCUT2D eigenvalue weighted by Crippen LogP contribution is 2.25. The number of nitrogens with one attached hydrogen (secondary N) is 3. The van der Waals surface area contributed by atoms with E-state index in [4.69, 9.17) is 0 Å². The summed E-state index contributed by atoms with van der Waals surface area (Å²) in [7, 11) is 0. The predicted octanol–water partition coefficient (Wildman–Crippen LogP) is 4.74. The summed E-state index contributed by atoms with van der Waals surface area (Å²) in [5.41, 5.74) is 3.97. The highest BCUT2D eigenvalue weighted by atomic mass is 32.1. The summed E-state index contributed by atoms with van der Waals surface area (Å²) in [6.45, 7) is 2.50. The van der Waals surface area contributed by atoms with E-state index >= 15 is 0 Å². The van der Waals surface area contributed by atoms with Crippen molar-refractivity contribution < 1.29 is 4.79 Å². The second kappa shape index (κ2) is 7.57. The molecule has 1 amide bonds. The molecule has 30 heavy (non-hydrogen) atoms. The van der Waals surface area contributed by atoms with Gasteiger partial charge in [0.2, 0.25) is 0 Å². The summed E-state index contributed by atoms with van der Waals surface area (Å²) in [6.07, 6.45) is 5.29. The van der Waals surface area contributed by atoms with E-state index in [-0.39, 0.29) is 5.91 Å². The summed E-state index contributed by atoms with van der Waals surface area (Å²) in [5.74, 6) is 0.305. The first kappa shape index (κ1) is 18.3. The molecule has 0 aliphatic rings. The number of rotatable bonds is 5. The summed E-state index contributed by atoms with van der Waals surface area (Å²) >= 11 is 1.63. The predicted molar refractivity (Wildman–Crippen MR) is 120 cm³/mol. The van der Waals surface area contributed by atoms with Crippen LogP contribution in [-0.2, 0) is 6.54 Å². The number of nitrogens with zero attached hydrogens (tertiary/aromatic N) is 3. The number of aromatic amines is 1. The first-order valence-electron chi connectivity index (χ1n) is 9.46. The van der Waals surface area contributed by atoms with Gasteiger partial charge in [0.05, 0.1) is 20.8 Å². The summed E-state index contributed by atoms with van der Waals surface area (Å²) in [5, 5.41) is 8.28. The number of aromatic nitrogens is 4. The zero-order chi connectivity index (χ0) is 20.5. The average Bonchev–Trinajstić information content (AvgIpc) is 3.38. The Kier molecular flexibility index (Phi) is 4.61. The van der Waals surface area contributed by atoms with Crippen molar-refractivity contribution in [3.05, 3.63) is 77.2 Å². The number of fused-ring (bicyclic) bond motifs is 2. The first-order chi connectivity index (χ1) is 14.7. The number of thiazole rings is 1. The fourth-order valence-electron chi connectivity index (χ4n) is 3.40. The van der Waals surface area contributed by atoms with Gasteiger partial charge in [-0.1, -0.05) is 0 Å². The quantitative estimate of drug-likeness (QED) is 0.386. The van der Waals surface area contributed by atoms with Crippen LogP contribution in [0.25, 0.3) is 21.3 Å². The molecule has 0 unspecified atom stereocenters. The number of benzene rings is 1. The van der Waals surface area contributed by atoms with Gasteiger partial charge < -0.3 is 15.6 Å². The van der Waals surface area contributed by atoms with Crippen molar-refractivity contribution in [2.75, 3.05) is 10.6 Å². The van der Waals surface area contributed by atoms with E-state index in [1.807, 2.05) is 43.5 Å². The molecule has 0 saturated carbocycles. The minimum atomic E-state index is -0.224. The zero-order valence-electron chi connectivity index (χ0n) is 16.1. The van der Waals surface area contributed by atoms with Crippen LogP contribution in [0.15, 0.2) is 61.1 Å².